The monoisotopic (exact) mass is 1260 g/mol. The number of hydrogen-bond acceptors (Lipinski definition) is 18. The maximum absolute atomic E-state index is 12.8. The van der Waals surface area contributed by atoms with Crippen LogP contribution in [-0.2, 0) is 75.7 Å². The quantitative estimate of drug-likeness (QED) is 0.0195. The molecular formula is C58H74BrN9O18. The van der Waals surface area contributed by atoms with E-state index in [1.54, 1.807) is 74.4 Å². The fourth-order valence-corrected chi connectivity index (χ4v) is 7.11. The van der Waals surface area contributed by atoms with Gasteiger partial charge in [0, 0.05) is 30.8 Å². The number of hydrogen-bond donors (Lipinski definition) is 7. The first-order chi connectivity index (χ1) is 40.4. The van der Waals surface area contributed by atoms with E-state index in [9.17, 15) is 53.1 Å². The minimum absolute atomic E-state index is 0.00836. The number of carbonyl (C=O) groups is 8. The first-order valence-electron chi connectivity index (χ1n) is 26.7. The van der Waals surface area contributed by atoms with E-state index in [1.807, 2.05) is 78.9 Å². The van der Waals surface area contributed by atoms with E-state index in [0.29, 0.717) is 11.8 Å². The summed E-state index contributed by atoms with van der Waals surface area (Å²) in [5, 5.41) is 30.4. The molecule has 0 bridgehead atoms. The third-order valence-corrected chi connectivity index (χ3v) is 11.0. The van der Waals surface area contributed by atoms with Crippen LogP contribution in [0, 0.1) is 0 Å². The number of alkyl halides is 1. The average molecular weight is 1270 g/mol. The zero-order valence-corrected chi connectivity index (χ0v) is 50.7. The Morgan fingerprint density at radius 3 is 1.09 bits per heavy atom. The number of aromatic nitrogens is 4. The molecule has 0 unspecified atom stereocenters. The van der Waals surface area contributed by atoms with Crippen molar-refractivity contribution in [2.24, 2.45) is 0 Å². The van der Waals surface area contributed by atoms with E-state index in [1.165, 1.54) is 29.1 Å². The molecule has 28 heteroatoms. The molecule has 2 aromatic heterocycles. The largest absolute Gasteiger partial charge is 0.480 e. The number of aliphatic carboxylic acids is 2. The van der Waals surface area contributed by atoms with E-state index < -0.39 is 94.7 Å². The number of nitrogens with one attached hydrogen (secondary N) is 5. The van der Waals surface area contributed by atoms with Gasteiger partial charge in [-0.25, -0.2) is 47.9 Å². The van der Waals surface area contributed by atoms with E-state index in [2.05, 4.69) is 52.5 Å². The number of carboxylic acid groups (broad SMARTS) is 2. The van der Waals surface area contributed by atoms with Gasteiger partial charge in [-0.3, -0.25) is 19.8 Å². The number of benzene rings is 3. The van der Waals surface area contributed by atoms with Gasteiger partial charge in [-0.05, 0) is 110 Å². The van der Waals surface area contributed by atoms with Gasteiger partial charge in [0.2, 0.25) is 0 Å². The Hall–Kier alpha value is -9.34. The van der Waals surface area contributed by atoms with Crippen LogP contribution in [0.2, 0.25) is 0 Å². The molecule has 5 rings (SSSR count). The fraction of sp³-hybridized carbons (Fsp3) is 0.414. The molecule has 466 valence electrons. The molecule has 0 aliphatic carbocycles. The summed E-state index contributed by atoms with van der Waals surface area (Å²) < 4.78 is 33.2. The molecule has 3 atom stereocenters. The molecule has 0 radical (unpaired) electrons. The fourth-order valence-electron chi connectivity index (χ4n) is 6.65. The van der Waals surface area contributed by atoms with E-state index >= 15 is 0 Å². The highest BCUT2D eigenvalue weighted by atomic mass is 79.9. The van der Waals surface area contributed by atoms with Gasteiger partial charge in [-0.15, -0.1) is 0 Å². The minimum Gasteiger partial charge on any atom is -0.480 e. The molecule has 0 aliphatic rings. The van der Waals surface area contributed by atoms with Crippen molar-refractivity contribution in [2.75, 3.05) is 16.0 Å². The van der Waals surface area contributed by atoms with Gasteiger partial charge in [0.25, 0.3) is 0 Å². The molecule has 7 N–H and O–H groups in total. The van der Waals surface area contributed by atoms with Crippen LogP contribution < -0.4 is 38.0 Å². The lowest BCUT2D eigenvalue weighted by atomic mass is 10.2. The number of alkyl carbamates (subject to hydrolysis) is 3. The van der Waals surface area contributed by atoms with Crippen molar-refractivity contribution in [3.05, 3.63) is 153 Å². The van der Waals surface area contributed by atoms with Crippen molar-refractivity contribution in [3.63, 3.8) is 0 Å². The summed E-state index contributed by atoms with van der Waals surface area (Å²) >= 11 is 3.11. The Morgan fingerprint density at radius 1 is 0.465 bits per heavy atom. The van der Waals surface area contributed by atoms with Crippen LogP contribution in [0.25, 0.3) is 0 Å². The van der Waals surface area contributed by atoms with Crippen LogP contribution in [-0.4, -0.2) is 118 Å². The molecule has 0 saturated heterocycles. The smallest absolute Gasteiger partial charge is 0.413 e. The van der Waals surface area contributed by atoms with E-state index in [-0.39, 0.29) is 57.4 Å². The standard InChI is InChI=1S/C28H32N4O7.C21H26N4O7.C9H16BrNO4/c1-28(2,3)39-27(36)29-22(24(33)37-18-20-10-6-4-7-11-20)14-16-32-17-15-23(30-25(32)34)31-26(35)38-19-21-12-8-5-9-13-21;1-21(2,3)32-20(30)22-15(17(26)27)9-11-25-12-10-16(23-18(25)28)24-19(29)31-13-14-7-5-4-6-8-14;1-9(2,3)15-8(14)11-6(4-5-10)7(12)13/h4-13,15,17,22H,14,16,18-19H2,1-3H3,(H,29,36)(H,30,31,34,35);4-8,10,12,15H,9,11,13H2,1-3H3,(H,22,30)(H,26,27)(H,23,24,28,29);6H,4-5H2,1-3H3,(H,11,14)(H,12,13)/t22-;15-;6-/m000/s1. The number of anilines is 2. The molecular weight excluding hydrogens is 1190 g/mol. The molecule has 3 aromatic carbocycles. The number of aryl methyl sites for hydroxylation is 2. The molecule has 2 heterocycles. The maximum Gasteiger partial charge on any atom is 0.413 e. The number of carboxylic acids is 2. The molecule has 5 amide bonds. The number of ether oxygens (including phenoxy) is 6. The summed E-state index contributed by atoms with van der Waals surface area (Å²) in [6.45, 7) is 15.4. The van der Waals surface area contributed by atoms with Crippen LogP contribution in [0.3, 0.4) is 0 Å². The number of esters is 1. The first-order valence-corrected chi connectivity index (χ1v) is 27.8. The Kier molecular flexibility index (Phi) is 28.9. The topological polar surface area (TPSA) is 362 Å². The van der Waals surface area contributed by atoms with Crippen LogP contribution in [0.5, 0.6) is 0 Å². The van der Waals surface area contributed by atoms with Crippen LogP contribution in [0.1, 0.15) is 98.3 Å². The molecule has 5 aromatic rings. The Balaban J connectivity index is 0.000000370. The molecule has 0 aliphatic heterocycles. The van der Waals surface area contributed by atoms with Gasteiger partial charge in [0.15, 0.2) is 0 Å². The average Bonchev–Trinajstić information content (AvgIpc) is 3.61. The molecule has 86 heavy (non-hydrogen) atoms. The highest BCUT2D eigenvalue weighted by Crippen LogP contribution is 2.13. The number of carbonyl (C=O) groups excluding carboxylic acids is 6. The third kappa shape index (κ3) is 30.3. The summed E-state index contributed by atoms with van der Waals surface area (Å²) in [6, 6.07) is 26.9. The first kappa shape index (κ1) is 70.9. The molecule has 0 fully saturated rings. The highest BCUT2D eigenvalue weighted by molar-refractivity contribution is 9.09. The van der Waals surface area contributed by atoms with Gasteiger partial charge >= 0.3 is 59.8 Å². The van der Waals surface area contributed by atoms with Crippen molar-refractivity contribution in [1.82, 2.24) is 35.1 Å². The number of rotatable bonds is 22. The summed E-state index contributed by atoms with van der Waals surface area (Å²) in [4.78, 5) is 127. The van der Waals surface area contributed by atoms with Gasteiger partial charge < -0.3 is 54.6 Å². The Bertz CT molecular complexity index is 3130. The summed E-state index contributed by atoms with van der Waals surface area (Å²) in [7, 11) is 0. The summed E-state index contributed by atoms with van der Waals surface area (Å²) in [5.74, 6) is -3.01. The van der Waals surface area contributed by atoms with Crippen molar-refractivity contribution < 1.29 is 77.0 Å². The van der Waals surface area contributed by atoms with Gasteiger partial charge in [0.1, 0.15) is 66.4 Å². The lowest BCUT2D eigenvalue weighted by Gasteiger charge is -2.23. The van der Waals surface area contributed by atoms with Crippen molar-refractivity contribution in [3.8, 4) is 0 Å². The summed E-state index contributed by atoms with van der Waals surface area (Å²) in [6.07, 6.45) is -0.867. The van der Waals surface area contributed by atoms with E-state index in [4.69, 9.17) is 33.5 Å². The lowest BCUT2D eigenvalue weighted by Crippen LogP contribution is -2.45. The lowest BCUT2D eigenvalue weighted by molar-refractivity contribution is -0.148. The van der Waals surface area contributed by atoms with Crippen molar-refractivity contribution in [1.29, 1.82) is 0 Å². The van der Waals surface area contributed by atoms with Crippen LogP contribution in [0.15, 0.2) is 125 Å². The molecule has 27 nitrogen and oxygen atoms in total. The summed E-state index contributed by atoms with van der Waals surface area (Å²) in [5.41, 5.74) is -1.13. The van der Waals surface area contributed by atoms with Gasteiger partial charge in [-0.1, -0.05) is 107 Å². The third-order valence-electron chi connectivity index (χ3n) is 10.5. The van der Waals surface area contributed by atoms with Gasteiger partial charge in [0.05, 0.1) is 0 Å². The van der Waals surface area contributed by atoms with E-state index in [0.717, 1.165) is 21.3 Å². The Labute approximate surface area is 504 Å². The maximum atomic E-state index is 12.8. The number of halogens is 1. The SMILES string of the molecule is CC(C)(C)OC(=O)N[C@@H](CCBr)C(=O)O.CC(C)(C)OC(=O)N[C@@H](CCn1ccc(NC(=O)OCc2ccccc2)nc1=O)C(=O)O.CC(C)(C)OC(=O)N[C@@H](CCn1ccc(NC(=O)OCc2ccccc2)nc1=O)C(=O)OCc1ccccc1. The minimum atomic E-state index is -1.27. The second-order valence-corrected chi connectivity index (χ2v) is 22.2. The van der Waals surface area contributed by atoms with Crippen molar-refractivity contribution in [2.45, 2.75) is 149 Å². The molecule has 0 spiro atoms. The second-order valence-electron chi connectivity index (χ2n) is 21.4. The number of nitrogens with zero attached hydrogens (tertiary/aromatic N) is 4. The zero-order valence-electron chi connectivity index (χ0n) is 49.2. The highest BCUT2D eigenvalue weighted by Gasteiger charge is 2.28. The Morgan fingerprint density at radius 2 is 0.779 bits per heavy atom. The van der Waals surface area contributed by atoms with Crippen LogP contribution >= 0.6 is 15.9 Å². The van der Waals surface area contributed by atoms with Crippen LogP contribution in [0.4, 0.5) is 35.6 Å². The predicted octanol–water partition coefficient (Wildman–Crippen LogP) is 8.13. The predicted molar refractivity (Wildman–Crippen MR) is 316 cm³/mol. The van der Waals surface area contributed by atoms with Gasteiger partial charge in [-0.2, -0.15) is 9.97 Å². The second kappa shape index (κ2) is 35.1. The zero-order chi connectivity index (χ0) is 64.0. The van der Waals surface area contributed by atoms with Crippen molar-refractivity contribution >= 4 is 75.9 Å². The number of amides is 5. The normalized spacial score (nSPS) is 12.0. The molecule has 0 saturated carbocycles.